The fourth-order valence-electron chi connectivity index (χ4n) is 2.34. The lowest BCUT2D eigenvalue weighted by molar-refractivity contribution is 0.0747. The molecule has 1 amide bonds. The molecule has 0 spiro atoms. The predicted molar refractivity (Wildman–Crippen MR) is 89.4 cm³/mol. The number of terminal acetylenes is 1. The molecule has 0 radical (unpaired) electrons. The van der Waals surface area contributed by atoms with E-state index in [2.05, 4.69) is 10.6 Å². The van der Waals surface area contributed by atoms with Crippen LogP contribution in [0.25, 0.3) is 0 Å². The minimum absolute atomic E-state index is 0.0423. The fraction of sp³-hybridized carbons (Fsp3) is 0.471. The number of carbonyl (C=O) groups excluding carboxylic acids is 1. The molecule has 1 saturated carbocycles. The van der Waals surface area contributed by atoms with Crippen LogP contribution in [0, 0.1) is 18.3 Å². The third kappa shape index (κ3) is 4.81. The number of rotatable bonds is 8. The number of nitrogens with zero attached hydrogens (tertiary/aromatic N) is 1. The van der Waals surface area contributed by atoms with Gasteiger partial charge in [-0.05, 0) is 49.4 Å². The van der Waals surface area contributed by atoms with Crippen molar-refractivity contribution in [3.8, 4) is 12.3 Å². The Morgan fingerprint density at radius 3 is 2.52 bits per heavy atom. The molecule has 1 aromatic carbocycles. The lowest BCUT2D eigenvalue weighted by atomic mass is 10.2. The number of amides is 1. The molecule has 0 heterocycles. The summed E-state index contributed by atoms with van der Waals surface area (Å²) in [5.74, 6) is 2.81. The second kappa shape index (κ2) is 7.62. The molecule has 1 fully saturated rings. The Hall–Kier alpha value is -1.84. The maximum atomic E-state index is 12.6. The molecule has 6 heteroatoms. The summed E-state index contributed by atoms with van der Waals surface area (Å²) in [5.41, 5.74) is 0.509. The lowest BCUT2D eigenvalue weighted by Crippen LogP contribution is -2.33. The van der Waals surface area contributed by atoms with Crippen molar-refractivity contribution in [2.24, 2.45) is 5.92 Å². The Morgan fingerprint density at radius 2 is 2.00 bits per heavy atom. The topological polar surface area (TPSA) is 66.5 Å². The molecule has 0 saturated heterocycles. The van der Waals surface area contributed by atoms with Crippen LogP contribution in [0.2, 0.25) is 0 Å². The van der Waals surface area contributed by atoms with Gasteiger partial charge in [0.25, 0.3) is 5.91 Å². The molecule has 0 aliphatic heterocycles. The van der Waals surface area contributed by atoms with Crippen molar-refractivity contribution in [2.75, 3.05) is 19.6 Å². The molecule has 2 rings (SSSR count). The van der Waals surface area contributed by atoms with Crippen molar-refractivity contribution >= 4 is 15.9 Å². The predicted octanol–water partition coefficient (Wildman–Crippen LogP) is 1.86. The van der Waals surface area contributed by atoms with E-state index in [-0.39, 0.29) is 17.3 Å². The summed E-state index contributed by atoms with van der Waals surface area (Å²) < 4.78 is 26.2. The number of hydrogen-bond donors (Lipinski definition) is 1. The summed E-state index contributed by atoms with van der Waals surface area (Å²) in [5, 5.41) is 0. The Morgan fingerprint density at radius 1 is 1.35 bits per heavy atom. The highest BCUT2D eigenvalue weighted by Crippen LogP contribution is 2.30. The van der Waals surface area contributed by atoms with Crippen molar-refractivity contribution in [3.63, 3.8) is 0 Å². The first kappa shape index (κ1) is 17.5. The van der Waals surface area contributed by atoms with E-state index in [4.69, 9.17) is 6.42 Å². The van der Waals surface area contributed by atoms with Gasteiger partial charge in [0.15, 0.2) is 0 Å². The van der Waals surface area contributed by atoms with Crippen LogP contribution >= 0.6 is 0 Å². The Balaban J connectivity index is 2.11. The molecular formula is C17H22N2O3S. The van der Waals surface area contributed by atoms with E-state index in [0.717, 1.165) is 19.5 Å². The van der Waals surface area contributed by atoms with E-state index in [0.29, 0.717) is 11.5 Å². The fourth-order valence-corrected chi connectivity index (χ4v) is 3.27. The first-order valence-electron chi connectivity index (χ1n) is 7.80. The highest BCUT2D eigenvalue weighted by molar-refractivity contribution is 7.89. The summed E-state index contributed by atoms with van der Waals surface area (Å²) in [7, 11) is -3.62. The Bertz CT molecular complexity index is 686. The third-order valence-electron chi connectivity index (χ3n) is 3.73. The van der Waals surface area contributed by atoms with Crippen LogP contribution in [0.5, 0.6) is 0 Å². The van der Waals surface area contributed by atoms with E-state index in [1.165, 1.54) is 25.0 Å². The molecule has 1 aromatic rings. The highest BCUT2D eigenvalue weighted by atomic mass is 32.2. The number of sulfonamides is 1. The first-order valence-corrected chi connectivity index (χ1v) is 9.28. The summed E-state index contributed by atoms with van der Waals surface area (Å²) in [6.45, 7) is 3.49. The molecule has 0 unspecified atom stereocenters. The van der Waals surface area contributed by atoms with Gasteiger partial charge in [0.1, 0.15) is 0 Å². The van der Waals surface area contributed by atoms with E-state index >= 15 is 0 Å². The van der Waals surface area contributed by atoms with Gasteiger partial charge in [0.2, 0.25) is 10.0 Å². The quantitative estimate of drug-likeness (QED) is 0.738. The van der Waals surface area contributed by atoms with Gasteiger partial charge in [-0.2, -0.15) is 4.72 Å². The summed E-state index contributed by atoms with van der Waals surface area (Å²) in [6.07, 6.45) is 8.33. The standard InChI is InChI=1S/C17H22N2O3S/c1-3-11-18-23(21,22)16-9-7-15(8-10-16)17(20)19(12-4-2)13-14-5-6-14/h1,7-10,14,18H,4-6,11-13H2,2H3. The minimum atomic E-state index is -3.62. The molecule has 1 N–H and O–H groups in total. The minimum Gasteiger partial charge on any atom is -0.338 e. The average Bonchev–Trinajstić information content (AvgIpc) is 3.36. The van der Waals surface area contributed by atoms with Crippen LogP contribution < -0.4 is 4.72 Å². The van der Waals surface area contributed by atoms with Gasteiger partial charge in [-0.3, -0.25) is 4.79 Å². The van der Waals surface area contributed by atoms with Gasteiger partial charge in [0.05, 0.1) is 11.4 Å². The second-order valence-electron chi connectivity index (χ2n) is 5.75. The van der Waals surface area contributed by atoms with Crippen molar-refractivity contribution in [1.29, 1.82) is 0 Å². The van der Waals surface area contributed by atoms with Gasteiger partial charge in [0, 0.05) is 18.7 Å². The maximum absolute atomic E-state index is 12.6. The van der Waals surface area contributed by atoms with Crippen LogP contribution in [0.4, 0.5) is 0 Å². The van der Waals surface area contributed by atoms with E-state index in [1.54, 1.807) is 12.1 Å². The molecule has 0 aromatic heterocycles. The molecule has 5 nitrogen and oxygen atoms in total. The van der Waals surface area contributed by atoms with Crippen LogP contribution in [0.1, 0.15) is 36.5 Å². The largest absolute Gasteiger partial charge is 0.338 e. The first-order chi connectivity index (χ1) is 11.0. The molecular weight excluding hydrogens is 312 g/mol. The molecule has 1 aliphatic carbocycles. The third-order valence-corrected chi connectivity index (χ3v) is 5.15. The van der Waals surface area contributed by atoms with Gasteiger partial charge in [-0.25, -0.2) is 8.42 Å². The van der Waals surface area contributed by atoms with Crippen LogP contribution in [0.15, 0.2) is 29.2 Å². The lowest BCUT2D eigenvalue weighted by Gasteiger charge is -2.22. The number of hydrogen-bond acceptors (Lipinski definition) is 3. The van der Waals surface area contributed by atoms with Gasteiger partial charge < -0.3 is 4.90 Å². The molecule has 1 aliphatic rings. The van der Waals surface area contributed by atoms with Crippen LogP contribution in [-0.2, 0) is 10.0 Å². The van der Waals surface area contributed by atoms with Gasteiger partial charge in [-0.15, -0.1) is 6.42 Å². The molecule has 0 atom stereocenters. The average molecular weight is 334 g/mol. The zero-order chi connectivity index (χ0) is 16.9. The summed E-state index contributed by atoms with van der Waals surface area (Å²) in [4.78, 5) is 14.5. The Labute approximate surface area is 138 Å². The summed E-state index contributed by atoms with van der Waals surface area (Å²) >= 11 is 0. The second-order valence-corrected chi connectivity index (χ2v) is 7.51. The van der Waals surface area contributed by atoms with Crippen molar-refractivity contribution in [2.45, 2.75) is 31.1 Å². The smallest absolute Gasteiger partial charge is 0.253 e. The highest BCUT2D eigenvalue weighted by Gasteiger charge is 2.27. The summed E-state index contributed by atoms with van der Waals surface area (Å²) in [6, 6.07) is 5.99. The number of nitrogens with one attached hydrogen (secondary N) is 1. The Kier molecular flexibility index (Phi) is 5.80. The number of benzene rings is 1. The van der Waals surface area contributed by atoms with Crippen molar-refractivity contribution in [1.82, 2.24) is 9.62 Å². The van der Waals surface area contributed by atoms with Crippen molar-refractivity contribution in [3.05, 3.63) is 29.8 Å². The normalized spacial score (nSPS) is 14.3. The van der Waals surface area contributed by atoms with Crippen LogP contribution in [-0.4, -0.2) is 38.9 Å². The SMILES string of the molecule is C#CCNS(=O)(=O)c1ccc(C(=O)N(CCC)CC2CC2)cc1. The van der Waals surface area contributed by atoms with Crippen molar-refractivity contribution < 1.29 is 13.2 Å². The molecule has 0 bridgehead atoms. The monoisotopic (exact) mass is 334 g/mol. The molecule has 23 heavy (non-hydrogen) atoms. The molecule has 124 valence electrons. The zero-order valence-corrected chi connectivity index (χ0v) is 14.1. The van der Waals surface area contributed by atoms with Crippen LogP contribution in [0.3, 0.4) is 0 Å². The van der Waals surface area contributed by atoms with E-state index in [1.807, 2.05) is 11.8 Å². The van der Waals surface area contributed by atoms with E-state index in [9.17, 15) is 13.2 Å². The number of carbonyl (C=O) groups is 1. The van der Waals surface area contributed by atoms with Gasteiger partial charge in [-0.1, -0.05) is 12.8 Å². The van der Waals surface area contributed by atoms with Gasteiger partial charge >= 0.3 is 0 Å². The maximum Gasteiger partial charge on any atom is 0.253 e. The van der Waals surface area contributed by atoms with E-state index < -0.39 is 10.0 Å². The zero-order valence-electron chi connectivity index (χ0n) is 13.3.